The van der Waals surface area contributed by atoms with E-state index in [2.05, 4.69) is 4.98 Å². The molecule has 2 aromatic rings. The molecule has 0 spiro atoms. The summed E-state index contributed by atoms with van der Waals surface area (Å²) in [6.07, 6.45) is 4.56. The Bertz CT molecular complexity index is 933. The zero-order valence-electron chi connectivity index (χ0n) is 15.4. The number of aromatic nitrogens is 1. The first kappa shape index (κ1) is 17.6. The van der Waals surface area contributed by atoms with E-state index < -0.39 is 0 Å². The first-order valence-corrected chi connectivity index (χ1v) is 9.10. The van der Waals surface area contributed by atoms with Crippen molar-refractivity contribution in [3.63, 3.8) is 0 Å². The quantitative estimate of drug-likeness (QED) is 0.794. The molecule has 2 aliphatic rings. The number of halogens is 1. The molecule has 138 valence electrons. The van der Waals surface area contributed by atoms with Gasteiger partial charge in [0.05, 0.1) is 11.9 Å². The van der Waals surface area contributed by atoms with Crippen LogP contribution < -0.4 is 4.90 Å². The molecule has 0 N–H and O–H groups in total. The number of carbonyl (C=O) groups excluding carboxylic acids is 2. The van der Waals surface area contributed by atoms with Crippen molar-refractivity contribution in [3.8, 4) is 0 Å². The third-order valence-corrected chi connectivity index (χ3v) is 5.32. The van der Waals surface area contributed by atoms with Gasteiger partial charge in [0.2, 0.25) is 5.91 Å². The summed E-state index contributed by atoms with van der Waals surface area (Å²) in [7, 11) is 0. The Balaban J connectivity index is 1.89. The molecule has 1 amide bonds. The summed E-state index contributed by atoms with van der Waals surface area (Å²) in [6, 6.07) is 9.72. The van der Waals surface area contributed by atoms with Crippen LogP contribution in [-0.2, 0) is 9.59 Å². The number of hydrogen-bond acceptors (Lipinski definition) is 3. The molecular formula is C22H21FN2O2. The van der Waals surface area contributed by atoms with E-state index in [-0.39, 0.29) is 35.3 Å². The molecule has 1 unspecified atom stereocenters. The number of benzene rings is 1. The molecule has 0 bridgehead atoms. The molecule has 27 heavy (non-hydrogen) atoms. The zero-order chi connectivity index (χ0) is 19.2. The van der Waals surface area contributed by atoms with Gasteiger partial charge in [-0.05, 0) is 41.7 Å². The SMILES string of the molecule is CC1(C)CC(=O)C2=C(C1)N(c1cccnc1)C(=O)CC2c1ccc(F)cc1. The van der Waals surface area contributed by atoms with E-state index in [1.54, 1.807) is 35.5 Å². The van der Waals surface area contributed by atoms with Gasteiger partial charge in [-0.3, -0.25) is 19.5 Å². The van der Waals surface area contributed by atoms with Crippen LogP contribution in [0.3, 0.4) is 0 Å². The third-order valence-electron chi connectivity index (χ3n) is 5.32. The number of hydrogen-bond donors (Lipinski definition) is 0. The summed E-state index contributed by atoms with van der Waals surface area (Å²) in [5.74, 6) is -0.661. The molecule has 2 heterocycles. The number of allylic oxidation sites excluding steroid dienone is 2. The maximum Gasteiger partial charge on any atom is 0.232 e. The van der Waals surface area contributed by atoms with Crippen molar-refractivity contribution in [2.75, 3.05) is 4.90 Å². The van der Waals surface area contributed by atoms with E-state index in [0.717, 1.165) is 11.3 Å². The second kappa shape index (κ2) is 6.41. The van der Waals surface area contributed by atoms with Crippen molar-refractivity contribution in [1.29, 1.82) is 0 Å². The Labute approximate surface area is 157 Å². The van der Waals surface area contributed by atoms with Gasteiger partial charge >= 0.3 is 0 Å². The highest BCUT2D eigenvalue weighted by Gasteiger charge is 2.44. The molecule has 0 fully saturated rings. The van der Waals surface area contributed by atoms with E-state index >= 15 is 0 Å². The van der Waals surface area contributed by atoms with Gasteiger partial charge < -0.3 is 0 Å². The van der Waals surface area contributed by atoms with Gasteiger partial charge in [-0.2, -0.15) is 0 Å². The average Bonchev–Trinajstić information content (AvgIpc) is 2.61. The topological polar surface area (TPSA) is 50.3 Å². The predicted octanol–water partition coefficient (Wildman–Crippen LogP) is 4.38. The van der Waals surface area contributed by atoms with Crippen LogP contribution in [0.2, 0.25) is 0 Å². The molecule has 4 nitrogen and oxygen atoms in total. The minimum atomic E-state index is -0.330. The molecule has 4 rings (SSSR count). The molecule has 1 aromatic heterocycles. The summed E-state index contributed by atoms with van der Waals surface area (Å²) in [6.45, 7) is 4.09. The number of anilines is 1. The van der Waals surface area contributed by atoms with Crippen LogP contribution in [0, 0.1) is 11.2 Å². The van der Waals surface area contributed by atoms with Crippen molar-refractivity contribution < 1.29 is 14.0 Å². The summed E-state index contributed by atoms with van der Waals surface area (Å²) in [5, 5.41) is 0. The minimum absolute atomic E-state index is 0.0666. The Morgan fingerprint density at radius 1 is 1.11 bits per heavy atom. The van der Waals surface area contributed by atoms with Crippen LogP contribution in [0.15, 0.2) is 60.1 Å². The fraction of sp³-hybridized carbons (Fsp3) is 0.318. The zero-order valence-corrected chi connectivity index (χ0v) is 15.4. The standard InChI is InChI=1S/C22H21FN2O2/c1-22(2)11-18-21(19(26)12-22)17(14-5-7-15(23)8-6-14)10-20(27)25(18)16-4-3-9-24-13-16/h3-9,13,17H,10-12H2,1-2H3. The molecule has 5 heteroatoms. The number of carbonyl (C=O) groups is 2. The van der Waals surface area contributed by atoms with E-state index in [9.17, 15) is 14.0 Å². The lowest BCUT2D eigenvalue weighted by Gasteiger charge is -2.42. The predicted molar refractivity (Wildman–Crippen MR) is 101 cm³/mol. The Morgan fingerprint density at radius 2 is 1.85 bits per heavy atom. The van der Waals surface area contributed by atoms with Crippen molar-refractivity contribution in [2.24, 2.45) is 5.41 Å². The molecule has 1 aliphatic carbocycles. The van der Waals surface area contributed by atoms with E-state index in [1.807, 2.05) is 19.9 Å². The Morgan fingerprint density at radius 3 is 2.52 bits per heavy atom. The largest absolute Gasteiger partial charge is 0.294 e. The number of ketones is 1. The Kier molecular flexibility index (Phi) is 4.17. The summed E-state index contributed by atoms with van der Waals surface area (Å²) < 4.78 is 13.4. The van der Waals surface area contributed by atoms with Crippen molar-refractivity contribution in [3.05, 3.63) is 71.4 Å². The first-order valence-electron chi connectivity index (χ1n) is 9.10. The van der Waals surface area contributed by atoms with Gasteiger partial charge in [-0.15, -0.1) is 0 Å². The minimum Gasteiger partial charge on any atom is -0.294 e. The highest BCUT2D eigenvalue weighted by molar-refractivity contribution is 6.07. The lowest BCUT2D eigenvalue weighted by atomic mass is 9.69. The number of Topliss-reactive ketones (excluding diaryl/α,β-unsaturated/α-hetero) is 1. The van der Waals surface area contributed by atoms with E-state index in [4.69, 9.17) is 0 Å². The van der Waals surface area contributed by atoms with Crippen molar-refractivity contribution in [2.45, 2.75) is 39.0 Å². The lowest BCUT2D eigenvalue weighted by Crippen LogP contribution is -2.43. The fourth-order valence-electron chi connectivity index (χ4n) is 4.18. The van der Waals surface area contributed by atoms with E-state index in [1.165, 1.54) is 12.1 Å². The molecule has 1 atom stereocenters. The van der Waals surface area contributed by atoms with Gasteiger partial charge in [-0.25, -0.2) is 4.39 Å². The van der Waals surface area contributed by atoms with E-state index in [0.29, 0.717) is 24.1 Å². The van der Waals surface area contributed by atoms with Gasteiger partial charge in [0, 0.05) is 36.2 Å². The number of amides is 1. The maximum atomic E-state index is 13.4. The summed E-state index contributed by atoms with van der Waals surface area (Å²) in [5.41, 5.74) is 2.70. The number of pyridine rings is 1. The molecule has 1 aromatic carbocycles. The van der Waals surface area contributed by atoms with Gasteiger partial charge in [0.25, 0.3) is 0 Å². The van der Waals surface area contributed by atoms with Crippen LogP contribution in [0.4, 0.5) is 10.1 Å². The van der Waals surface area contributed by atoms with Crippen LogP contribution in [0.5, 0.6) is 0 Å². The van der Waals surface area contributed by atoms with Crippen molar-refractivity contribution in [1.82, 2.24) is 4.98 Å². The van der Waals surface area contributed by atoms with Crippen LogP contribution in [0.25, 0.3) is 0 Å². The highest BCUT2D eigenvalue weighted by atomic mass is 19.1. The van der Waals surface area contributed by atoms with Crippen molar-refractivity contribution >= 4 is 17.4 Å². The number of rotatable bonds is 2. The molecule has 0 saturated heterocycles. The molecular weight excluding hydrogens is 343 g/mol. The van der Waals surface area contributed by atoms with Gasteiger partial charge in [0.1, 0.15) is 5.82 Å². The molecule has 0 saturated carbocycles. The third kappa shape index (κ3) is 3.18. The fourth-order valence-corrected chi connectivity index (χ4v) is 4.18. The second-order valence-electron chi connectivity index (χ2n) is 8.05. The van der Waals surface area contributed by atoms with Crippen LogP contribution in [0.1, 0.15) is 44.6 Å². The maximum absolute atomic E-state index is 13.4. The monoisotopic (exact) mass is 364 g/mol. The van der Waals surface area contributed by atoms with Crippen LogP contribution >= 0.6 is 0 Å². The van der Waals surface area contributed by atoms with Gasteiger partial charge in [0.15, 0.2) is 5.78 Å². The highest BCUT2D eigenvalue weighted by Crippen LogP contribution is 2.47. The Hall–Kier alpha value is -2.82. The summed E-state index contributed by atoms with van der Waals surface area (Å²) in [4.78, 5) is 32.0. The smallest absolute Gasteiger partial charge is 0.232 e. The first-order chi connectivity index (χ1) is 12.9. The molecule has 1 aliphatic heterocycles. The van der Waals surface area contributed by atoms with Crippen LogP contribution in [-0.4, -0.2) is 16.7 Å². The molecule has 0 radical (unpaired) electrons. The summed E-state index contributed by atoms with van der Waals surface area (Å²) >= 11 is 0. The number of nitrogens with zero attached hydrogens (tertiary/aromatic N) is 2. The normalized spacial score (nSPS) is 22.0. The van der Waals surface area contributed by atoms with Gasteiger partial charge in [-0.1, -0.05) is 26.0 Å². The average molecular weight is 364 g/mol. The lowest BCUT2D eigenvalue weighted by molar-refractivity contribution is -0.121. The second-order valence-corrected chi connectivity index (χ2v) is 8.05.